The summed E-state index contributed by atoms with van der Waals surface area (Å²) in [6.45, 7) is 5.81. The fourth-order valence-corrected chi connectivity index (χ4v) is 2.82. The summed E-state index contributed by atoms with van der Waals surface area (Å²) >= 11 is 2.40. The van der Waals surface area contributed by atoms with E-state index in [1.165, 1.54) is 40.8 Å². The molecule has 1 saturated heterocycles. The van der Waals surface area contributed by atoms with Gasteiger partial charge in [-0.15, -0.1) is 0 Å². The number of hydrogen-bond donors (Lipinski definition) is 1. The summed E-state index contributed by atoms with van der Waals surface area (Å²) in [5.41, 5.74) is 2.68. The van der Waals surface area contributed by atoms with Gasteiger partial charge in [0.15, 0.2) is 0 Å². The summed E-state index contributed by atoms with van der Waals surface area (Å²) in [7, 11) is 2.22. The van der Waals surface area contributed by atoms with E-state index in [0.29, 0.717) is 0 Å². The largest absolute Gasteiger partial charge is 0.385 e. The van der Waals surface area contributed by atoms with E-state index >= 15 is 0 Å². The second-order valence-corrected chi connectivity index (χ2v) is 6.20. The van der Waals surface area contributed by atoms with Gasteiger partial charge < -0.3 is 10.2 Å². The van der Waals surface area contributed by atoms with E-state index in [4.69, 9.17) is 0 Å². The minimum atomic E-state index is 0.837. The van der Waals surface area contributed by atoms with Crippen LogP contribution in [0.15, 0.2) is 18.2 Å². The van der Waals surface area contributed by atoms with Crippen LogP contribution in [0, 0.1) is 16.4 Å². The number of hydrogen-bond acceptors (Lipinski definition) is 2. The molecule has 0 saturated carbocycles. The van der Waals surface area contributed by atoms with Crippen molar-refractivity contribution in [2.24, 2.45) is 5.92 Å². The first-order valence-corrected chi connectivity index (χ1v) is 7.42. The molecule has 0 unspecified atom stereocenters. The Kier molecular flexibility index (Phi) is 4.68. The highest BCUT2D eigenvalue weighted by Crippen LogP contribution is 2.22. The van der Waals surface area contributed by atoms with Gasteiger partial charge in [-0.2, -0.15) is 0 Å². The lowest BCUT2D eigenvalue weighted by molar-refractivity contribution is 0.226. The molecule has 1 aromatic rings. The summed E-state index contributed by atoms with van der Waals surface area (Å²) in [5.74, 6) is 0.837. The number of nitrogens with zero attached hydrogens (tertiary/aromatic N) is 1. The highest BCUT2D eigenvalue weighted by atomic mass is 127. The third-order valence-corrected chi connectivity index (χ3v) is 4.86. The van der Waals surface area contributed by atoms with Crippen LogP contribution in [0.2, 0.25) is 0 Å². The third-order valence-electron chi connectivity index (χ3n) is 3.69. The van der Waals surface area contributed by atoms with Gasteiger partial charge in [-0.1, -0.05) is 6.07 Å². The standard InChI is InChI=1S/C14H21IN2/c1-11-13(15)4-3-5-14(11)16-10-12-6-8-17(2)9-7-12/h3-5,12,16H,6-10H2,1-2H3. The highest BCUT2D eigenvalue weighted by molar-refractivity contribution is 14.1. The molecule has 1 heterocycles. The molecule has 1 aliphatic rings. The molecule has 0 aliphatic carbocycles. The lowest BCUT2D eigenvalue weighted by atomic mass is 9.97. The normalized spacial score (nSPS) is 18.3. The first-order valence-electron chi connectivity index (χ1n) is 6.34. The smallest absolute Gasteiger partial charge is 0.0380 e. The van der Waals surface area contributed by atoms with Gasteiger partial charge in [0.25, 0.3) is 0 Å². The predicted molar refractivity (Wildman–Crippen MR) is 82.6 cm³/mol. The van der Waals surface area contributed by atoms with Crippen LogP contribution in [0.1, 0.15) is 18.4 Å². The van der Waals surface area contributed by atoms with Crippen LogP contribution in [-0.4, -0.2) is 31.6 Å². The van der Waals surface area contributed by atoms with Gasteiger partial charge in [-0.05, 0) is 86.1 Å². The maximum atomic E-state index is 3.61. The second kappa shape index (κ2) is 6.05. The van der Waals surface area contributed by atoms with Crippen LogP contribution in [0.4, 0.5) is 5.69 Å². The molecule has 17 heavy (non-hydrogen) atoms. The Balaban J connectivity index is 1.87. The van der Waals surface area contributed by atoms with E-state index < -0.39 is 0 Å². The molecule has 0 aromatic heterocycles. The molecule has 2 nitrogen and oxygen atoms in total. The summed E-state index contributed by atoms with van der Waals surface area (Å²) in [5, 5.41) is 3.61. The number of anilines is 1. The van der Waals surface area contributed by atoms with Crippen LogP contribution in [0.5, 0.6) is 0 Å². The molecule has 0 bridgehead atoms. The number of piperidine rings is 1. The summed E-state index contributed by atoms with van der Waals surface area (Å²) in [6, 6.07) is 6.48. The van der Waals surface area contributed by atoms with Crippen molar-refractivity contribution in [3.63, 3.8) is 0 Å². The first-order chi connectivity index (χ1) is 8.16. The van der Waals surface area contributed by atoms with Crippen LogP contribution < -0.4 is 5.32 Å². The quantitative estimate of drug-likeness (QED) is 0.846. The molecule has 1 N–H and O–H groups in total. The Bertz CT molecular complexity index is 370. The van der Waals surface area contributed by atoms with E-state index in [9.17, 15) is 0 Å². The monoisotopic (exact) mass is 344 g/mol. The van der Waals surface area contributed by atoms with Crippen molar-refractivity contribution in [2.45, 2.75) is 19.8 Å². The van der Waals surface area contributed by atoms with Crippen LogP contribution in [0.25, 0.3) is 0 Å². The molecule has 0 atom stereocenters. The maximum absolute atomic E-state index is 3.61. The zero-order valence-electron chi connectivity index (χ0n) is 10.7. The Morgan fingerprint density at radius 3 is 2.76 bits per heavy atom. The highest BCUT2D eigenvalue weighted by Gasteiger charge is 2.16. The second-order valence-electron chi connectivity index (χ2n) is 5.04. The van der Waals surface area contributed by atoms with E-state index in [2.05, 4.69) is 65.0 Å². The van der Waals surface area contributed by atoms with E-state index in [-0.39, 0.29) is 0 Å². The molecule has 0 radical (unpaired) electrons. The zero-order valence-corrected chi connectivity index (χ0v) is 12.8. The van der Waals surface area contributed by atoms with Crippen molar-refractivity contribution in [1.82, 2.24) is 4.90 Å². The minimum Gasteiger partial charge on any atom is -0.385 e. The van der Waals surface area contributed by atoms with Crippen LogP contribution in [0.3, 0.4) is 0 Å². The van der Waals surface area contributed by atoms with Gasteiger partial charge in [-0.25, -0.2) is 0 Å². The molecular weight excluding hydrogens is 323 g/mol. The van der Waals surface area contributed by atoms with Crippen molar-refractivity contribution < 1.29 is 0 Å². The van der Waals surface area contributed by atoms with Crippen molar-refractivity contribution in [3.8, 4) is 0 Å². The third kappa shape index (κ3) is 3.58. The molecule has 94 valence electrons. The SMILES string of the molecule is Cc1c(I)cccc1NCC1CCN(C)CC1. The van der Waals surface area contributed by atoms with Crippen molar-refractivity contribution in [3.05, 3.63) is 27.3 Å². The molecule has 0 spiro atoms. The first kappa shape index (κ1) is 13.1. The Morgan fingerprint density at radius 1 is 1.35 bits per heavy atom. The summed E-state index contributed by atoms with van der Waals surface area (Å²) < 4.78 is 1.34. The van der Waals surface area contributed by atoms with Gasteiger partial charge in [0.05, 0.1) is 0 Å². The molecule has 0 amide bonds. The Labute approximate surface area is 118 Å². The summed E-state index contributed by atoms with van der Waals surface area (Å²) in [6.07, 6.45) is 2.65. The van der Waals surface area contributed by atoms with E-state index in [1.54, 1.807) is 0 Å². The van der Waals surface area contributed by atoms with E-state index in [1.807, 2.05) is 0 Å². The Morgan fingerprint density at radius 2 is 2.06 bits per heavy atom. The fraction of sp³-hybridized carbons (Fsp3) is 0.571. The van der Waals surface area contributed by atoms with Gasteiger partial charge in [0.2, 0.25) is 0 Å². The maximum Gasteiger partial charge on any atom is 0.0380 e. The Hall–Kier alpha value is -0.290. The van der Waals surface area contributed by atoms with Crippen molar-refractivity contribution >= 4 is 28.3 Å². The van der Waals surface area contributed by atoms with Gasteiger partial charge in [-0.3, -0.25) is 0 Å². The molecule has 2 rings (SSSR count). The lowest BCUT2D eigenvalue weighted by Gasteiger charge is -2.29. The number of benzene rings is 1. The molecule has 1 aliphatic heterocycles. The van der Waals surface area contributed by atoms with Crippen molar-refractivity contribution in [1.29, 1.82) is 0 Å². The van der Waals surface area contributed by atoms with Gasteiger partial charge >= 0.3 is 0 Å². The molecular formula is C14H21IN2. The van der Waals surface area contributed by atoms with Gasteiger partial charge in [0, 0.05) is 15.8 Å². The van der Waals surface area contributed by atoms with Gasteiger partial charge in [0.1, 0.15) is 0 Å². The topological polar surface area (TPSA) is 15.3 Å². The summed E-state index contributed by atoms with van der Waals surface area (Å²) in [4.78, 5) is 2.42. The molecule has 3 heteroatoms. The predicted octanol–water partition coefficient (Wildman–Crippen LogP) is 3.35. The van der Waals surface area contributed by atoms with E-state index in [0.717, 1.165) is 12.5 Å². The minimum absolute atomic E-state index is 0.837. The average molecular weight is 344 g/mol. The average Bonchev–Trinajstić information content (AvgIpc) is 2.33. The zero-order chi connectivity index (χ0) is 12.3. The van der Waals surface area contributed by atoms with Crippen molar-refractivity contribution in [2.75, 3.05) is 32.0 Å². The fourth-order valence-electron chi connectivity index (χ4n) is 2.32. The number of rotatable bonds is 3. The number of nitrogens with one attached hydrogen (secondary N) is 1. The van der Waals surface area contributed by atoms with Crippen LogP contribution >= 0.6 is 22.6 Å². The molecule has 1 aromatic carbocycles. The lowest BCUT2D eigenvalue weighted by Crippen LogP contribution is -2.33. The van der Waals surface area contributed by atoms with Crippen LogP contribution in [-0.2, 0) is 0 Å². The number of halogens is 1. The molecule has 1 fully saturated rings. The number of likely N-dealkylation sites (tertiary alicyclic amines) is 1.